The van der Waals surface area contributed by atoms with Crippen molar-refractivity contribution < 1.29 is 9.84 Å². The molecule has 0 aromatic carbocycles. The van der Waals surface area contributed by atoms with Crippen LogP contribution in [0.5, 0.6) is 0 Å². The number of hydrogen-bond acceptors (Lipinski definition) is 2. The van der Waals surface area contributed by atoms with E-state index in [4.69, 9.17) is 4.74 Å². The molecule has 0 unspecified atom stereocenters. The Bertz CT molecular complexity index is 99.1. The molecule has 1 aliphatic rings. The molecule has 1 atom stereocenters. The number of aliphatic hydroxyl groups is 1. The summed E-state index contributed by atoms with van der Waals surface area (Å²) in [6.07, 6.45) is 0.694. The van der Waals surface area contributed by atoms with E-state index in [0.717, 1.165) is 13.0 Å². The fraction of sp³-hybridized carbons (Fsp3) is 1.00. The van der Waals surface area contributed by atoms with Crippen LogP contribution >= 0.6 is 0 Å². The van der Waals surface area contributed by atoms with Crippen LogP contribution < -0.4 is 0 Å². The standard InChI is InChI=1S/C7H14O2/c1-7(2)3-4-9-5-6(7)8/h6,8H,3-5H2,1-2H3/t6-/m0/s1. The van der Waals surface area contributed by atoms with Gasteiger partial charge in [0.1, 0.15) is 0 Å². The first-order valence-corrected chi connectivity index (χ1v) is 3.39. The van der Waals surface area contributed by atoms with Gasteiger partial charge in [-0.2, -0.15) is 0 Å². The van der Waals surface area contributed by atoms with Crippen LogP contribution in [0.1, 0.15) is 20.3 Å². The molecule has 0 bridgehead atoms. The molecule has 1 rings (SSSR count). The number of aliphatic hydroxyl groups excluding tert-OH is 1. The summed E-state index contributed by atoms with van der Waals surface area (Å²) in [7, 11) is 0. The Morgan fingerprint density at radius 1 is 1.56 bits per heavy atom. The molecule has 1 saturated heterocycles. The average molecular weight is 130 g/mol. The Hall–Kier alpha value is -0.0800. The first kappa shape index (κ1) is 7.03. The van der Waals surface area contributed by atoms with Crippen LogP contribution in [0.25, 0.3) is 0 Å². The summed E-state index contributed by atoms with van der Waals surface area (Å²) in [5.74, 6) is 0. The van der Waals surface area contributed by atoms with E-state index in [1.807, 2.05) is 0 Å². The summed E-state index contributed by atoms with van der Waals surface area (Å²) in [6, 6.07) is 0. The van der Waals surface area contributed by atoms with Crippen LogP contribution in [-0.2, 0) is 4.74 Å². The molecule has 2 heteroatoms. The minimum absolute atomic E-state index is 0.0677. The molecule has 0 saturated carbocycles. The summed E-state index contributed by atoms with van der Waals surface area (Å²) in [4.78, 5) is 0. The molecule has 1 fully saturated rings. The van der Waals surface area contributed by atoms with Crippen molar-refractivity contribution in [3.05, 3.63) is 0 Å². The second-order valence-corrected chi connectivity index (χ2v) is 3.33. The molecule has 0 spiro atoms. The van der Waals surface area contributed by atoms with Crippen LogP contribution in [0.4, 0.5) is 0 Å². The lowest BCUT2D eigenvalue weighted by Crippen LogP contribution is -2.38. The molecule has 0 radical (unpaired) electrons. The molecule has 1 aliphatic heterocycles. The lowest BCUT2D eigenvalue weighted by Gasteiger charge is -2.34. The summed E-state index contributed by atoms with van der Waals surface area (Å²) in [5.41, 5.74) is 0.0677. The predicted octanol–water partition coefficient (Wildman–Crippen LogP) is 0.794. The molecule has 1 N–H and O–H groups in total. The van der Waals surface area contributed by atoms with Crippen LogP contribution in [0.2, 0.25) is 0 Å². The second kappa shape index (κ2) is 2.27. The van der Waals surface area contributed by atoms with E-state index < -0.39 is 0 Å². The van der Waals surface area contributed by atoms with Gasteiger partial charge in [0.2, 0.25) is 0 Å². The minimum atomic E-state index is -0.272. The fourth-order valence-corrected chi connectivity index (χ4v) is 0.922. The highest BCUT2D eigenvalue weighted by Crippen LogP contribution is 2.28. The third kappa shape index (κ3) is 1.43. The second-order valence-electron chi connectivity index (χ2n) is 3.33. The molecule has 0 aromatic rings. The quantitative estimate of drug-likeness (QED) is 0.525. The van der Waals surface area contributed by atoms with Gasteiger partial charge in [-0.3, -0.25) is 0 Å². The van der Waals surface area contributed by atoms with E-state index in [1.165, 1.54) is 0 Å². The Balaban J connectivity index is 2.49. The van der Waals surface area contributed by atoms with Gasteiger partial charge in [-0.1, -0.05) is 13.8 Å². The van der Waals surface area contributed by atoms with Crippen molar-refractivity contribution in [2.24, 2.45) is 5.41 Å². The van der Waals surface area contributed by atoms with Gasteiger partial charge in [0.05, 0.1) is 12.7 Å². The summed E-state index contributed by atoms with van der Waals surface area (Å²) in [5, 5.41) is 9.31. The van der Waals surface area contributed by atoms with E-state index in [-0.39, 0.29) is 11.5 Å². The van der Waals surface area contributed by atoms with Crippen LogP contribution in [0.3, 0.4) is 0 Å². The molecular weight excluding hydrogens is 116 g/mol. The molecule has 9 heavy (non-hydrogen) atoms. The lowest BCUT2D eigenvalue weighted by molar-refractivity contribution is -0.0811. The maximum Gasteiger partial charge on any atom is 0.0825 e. The van der Waals surface area contributed by atoms with E-state index in [2.05, 4.69) is 13.8 Å². The average Bonchev–Trinajstić information content (AvgIpc) is 1.77. The zero-order valence-corrected chi connectivity index (χ0v) is 6.05. The molecular formula is C7H14O2. The van der Waals surface area contributed by atoms with Gasteiger partial charge in [0, 0.05) is 6.61 Å². The first-order chi connectivity index (χ1) is 4.13. The minimum Gasteiger partial charge on any atom is -0.390 e. The molecule has 0 amide bonds. The zero-order valence-electron chi connectivity index (χ0n) is 6.05. The summed E-state index contributed by atoms with van der Waals surface area (Å²) >= 11 is 0. The van der Waals surface area contributed by atoms with Crippen molar-refractivity contribution in [3.63, 3.8) is 0 Å². The van der Waals surface area contributed by atoms with Crippen molar-refractivity contribution >= 4 is 0 Å². The van der Waals surface area contributed by atoms with Crippen molar-refractivity contribution in [2.75, 3.05) is 13.2 Å². The predicted molar refractivity (Wildman–Crippen MR) is 35.2 cm³/mol. The zero-order chi connectivity index (χ0) is 6.91. The number of ether oxygens (including phenoxy) is 1. The third-order valence-corrected chi connectivity index (χ3v) is 2.07. The Morgan fingerprint density at radius 3 is 2.56 bits per heavy atom. The number of hydrogen-bond donors (Lipinski definition) is 1. The van der Waals surface area contributed by atoms with Crippen molar-refractivity contribution in [1.82, 2.24) is 0 Å². The molecule has 54 valence electrons. The van der Waals surface area contributed by atoms with Crippen molar-refractivity contribution in [2.45, 2.75) is 26.4 Å². The van der Waals surface area contributed by atoms with E-state index in [1.54, 1.807) is 0 Å². The third-order valence-electron chi connectivity index (χ3n) is 2.07. The van der Waals surface area contributed by atoms with Gasteiger partial charge in [0.25, 0.3) is 0 Å². The number of rotatable bonds is 0. The maximum atomic E-state index is 9.31. The van der Waals surface area contributed by atoms with Gasteiger partial charge in [-0.15, -0.1) is 0 Å². The van der Waals surface area contributed by atoms with Crippen LogP contribution in [-0.4, -0.2) is 24.4 Å². The molecule has 2 nitrogen and oxygen atoms in total. The van der Waals surface area contributed by atoms with E-state index in [9.17, 15) is 5.11 Å². The first-order valence-electron chi connectivity index (χ1n) is 3.39. The van der Waals surface area contributed by atoms with Gasteiger partial charge >= 0.3 is 0 Å². The summed E-state index contributed by atoms with van der Waals surface area (Å²) < 4.78 is 5.07. The Labute approximate surface area is 55.8 Å². The highest BCUT2D eigenvalue weighted by Gasteiger charge is 2.30. The van der Waals surface area contributed by atoms with Crippen LogP contribution in [0, 0.1) is 5.41 Å². The summed E-state index contributed by atoms with van der Waals surface area (Å²) in [6.45, 7) is 5.44. The smallest absolute Gasteiger partial charge is 0.0825 e. The van der Waals surface area contributed by atoms with Gasteiger partial charge < -0.3 is 9.84 Å². The van der Waals surface area contributed by atoms with Gasteiger partial charge in [-0.05, 0) is 11.8 Å². The maximum absolute atomic E-state index is 9.31. The van der Waals surface area contributed by atoms with E-state index in [0.29, 0.717) is 6.61 Å². The topological polar surface area (TPSA) is 29.5 Å². The monoisotopic (exact) mass is 130 g/mol. The van der Waals surface area contributed by atoms with Crippen molar-refractivity contribution in [1.29, 1.82) is 0 Å². The molecule has 0 aromatic heterocycles. The van der Waals surface area contributed by atoms with Crippen LogP contribution in [0.15, 0.2) is 0 Å². The highest BCUT2D eigenvalue weighted by atomic mass is 16.5. The largest absolute Gasteiger partial charge is 0.390 e. The fourth-order valence-electron chi connectivity index (χ4n) is 0.922. The SMILES string of the molecule is CC1(C)CCOC[C@@H]1O. The van der Waals surface area contributed by atoms with Gasteiger partial charge in [0.15, 0.2) is 0 Å². The Morgan fingerprint density at radius 2 is 2.22 bits per heavy atom. The lowest BCUT2D eigenvalue weighted by atomic mass is 9.82. The Kier molecular flexibility index (Phi) is 1.78. The highest BCUT2D eigenvalue weighted by molar-refractivity contribution is 4.80. The van der Waals surface area contributed by atoms with Gasteiger partial charge in [-0.25, -0.2) is 0 Å². The molecule has 1 heterocycles. The van der Waals surface area contributed by atoms with Crippen molar-refractivity contribution in [3.8, 4) is 0 Å². The van der Waals surface area contributed by atoms with E-state index >= 15 is 0 Å². The molecule has 0 aliphatic carbocycles. The normalized spacial score (nSPS) is 34.3.